The highest BCUT2D eigenvalue weighted by molar-refractivity contribution is 5.92. The summed E-state index contributed by atoms with van der Waals surface area (Å²) in [6.45, 7) is 2.36. The lowest BCUT2D eigenvalue weighted by molar-refractivity contribution is -0.122. The summed E-state index contributed by atoms with van der Waals surface area (Å²) in [5.74, 6) is 3.01. The molecule has 1 aromatic carbocycles. The fourth-order valence-electron chi connectivity index (χ4n) is 4.75. The van der Waals surface area contributed by atoms with Crippen LogP contribution in [0.3, 0.4) is 0 Å². The molecule has 1 aromatic rings. The van der Waals surface area contributed by atoms with Crippen molar-refractivity contribution in [3.8, 4) is 5.75 Å². The highest BCUT2D eigenvalue weighted by Gasteiger charge is 2.35. The SMILES string of the molecule is O=C(Nc1ccc2c(c1)CNCCO2)C1CCC2CCCCC2C1. The molecule has 0 saturated heterocycles. The first-order valence-electron chi connectivity index (χ1n) is 9.57. The maximum absolute atomic E-state index is 12.7. The molecule has 0 spiro atoms. The third-order valence-electron chi connectivity index (χ3n) is 6.09. The zero-order valence-electron chi connectivity index (χ0n) is 14.4. The number of carbonyl (C=O) groups is 1. The third kappa shape index (κ3) is 3.44. The van der Waals surface area contributed by atoms with Gasteiger partial charge in [0.05, 0.1) is 0 Å². The molecule has 3 atom stereocenters. The minimum absolute atomic E-state index is 0.192. The molecule has 130 valence electrons. The molecular formula is C20H28N2O2. The number of nitrogens with one attached hydrogen (secondary N) is 2. The summed E-state index contributed by atoms with van der Waals surface area (Å²) in [4.78, 5) is 12.7. The van der Waals surface area contributed by atoms with Crippen molar-refractivity contribution < 1.29 is 9.53 Å². The van der Waals surface area contributed by atoms with Gasteiger partial charge >= 0.3 is 0 Å². The largest absolute Gasteiger partial charge is 0.492 e. The lowest BCUT2D eigenvalue weighted by Gasteiger charge is -2.38. The maximum Gasteiger partial charge on any atom is 0.227 e. The number of amides is 1. The zero-order valence-corrected chi connectivity index (χ0v) is 14.4. The monoisotopic (exact) mass is 328 g/mol. The van der Waals surface area contributed by atoms with Gasteiger partial charge in [0.1, 0.15) is 12.4 Å². The summed E-state index contributed by atoms with van der Waals surface area (Å²) in [7, 11) is 0. The molecule has 2 N–H and O–H groups in total. The average molecular weight is 328 g/mol. The number of ether oxygens (including phenoxy) is 1. The van der Waals surface area contributed by atoms with Gasteiger partial charge in [-0.3, -0.25) is 4.79 Å². The van der Waals surface area contributed by atoms with E-state index in [9.17, 15) is 4.79 Å². The number of hydrogen-bond acceptors (Lipinski definition) is 3. The van der Waals surface area contributed by atoms with Gasteiger partial charge < -0.3 is 15.4 Å². The minimum Gasteiger partial charge on any atom is -0.492 e. The van der Waals surface area contributed by atoms with Crippen molar-refractivity contribution >= 4 is 11.6 Å². The normalized spacial score (nSPS) is 29.6. The van der Waals surface area contributed by atoms with Crippen LogP contribution in [-0.2, 0) is 11.3 Å². The summed E-state index contributed by atoms with van der Waals surface area (Å²) in [5.41, 5.74) is 2.03. The van der Waals surface area contributed by atoms with Crippen LogP contribution in [0.5, 0.6) is 5.75 Å². The fraction of sp³-hybridized carbons (Fsp3) is 0.650. The number of rotatable bonds is 2. The Hall–Kier alpha value is -1.55. The van der Waals surface area contributed by atoms with Crippen LogP contribution in [0, 0.1) is 17.8 Å². The standard InChI is InChI=1S/C20H28N2O2/c23-20(16-6-5-14-3-1-2-4-15(14)11-16)22-18-7-8-19-17(12-18)13-21-9-10-24-19/h7-8,12,14-16,21H,1-6,9-11,13H2,(H,22,23). The van der Waals surface area contributed by atoms with E-state index in [1.54, 1.807) is 0 Å². The molecule has 2 aliphatic carbocycles. The highest BCUT2D eigenvalue weighted by Crippen LogP contribution is 2.43. The van der Waals surface area contributed by atoms with Crippen molar-refractivity contribution in [1.29, 1.82) is 0 Å². The van der Waals surface area contributed by atoms with Crippen LogP contribution in [-0.4, -0.2) is 19.1 Å². The number of anilines is 1. The van der Waals surface area contributed by atoms with E-state index in [2.05, 4.69) is 16.7 Å². The van der Waals surface area contributed by atoms with Crippen molar-refractivity contribution in [2.24, 2.45) is 17.8 Å². The number of hydrogen-bond donors (Lipinski definition) is 2. The van der Waals surface area contributed by atoms with Gasteiger partial charge in [0.15, 0.2) is 0 Å². The van der Waals surface area contributed by atoms with Crippen LogP contribution in [0.4, 0.5) is 5.69 Å². The van der Waals surface area contributed by atoms with E-state index in [0.29, 0.717) is 6.61 Å². The van der Waals surface area contributed by atoms with Crippen LogP contribution in [0.2, 0.25) is 0 Å². The smallest absolute Gasteiger partial charge is 0.227 e. The van der Waals surface area contributed by atoms with E-state index in [4.69, 9.17) is 4.74 Å². The molecule has 0 aromatic heterocycles. The Balaban J connectivity index is 1.40. The van der Waals surface area contributed by atoms with Crippen molar-refractivity contribution in [1.82, 2.24) is 5.32 Å². The Labute approximate surface area is 144 Å². The molecule has 4 nitrogen and oxygen atoms in total. The second-order valence-corrected chi connectivity index (χ2v) is 7.65. The van der Waals surface area contributed by atoms with Gasteiger partial charge in [-0.05, 0) is 49.3 Å². The predicted molar refractivity (Wildman–Crippen MR) is 95.1 cm³/mol. The van der Waals surface area contributed by atoms with E-state index in [1.807, 2.05) is 12.1 Å². The van der Waals surface area contributed by atoms with E-state index >= 15 is 0 Å². The molecule has 24 heavy (non-hydrogen) atoms. The van der Waals surface area contributed by atoms with Crippen LogP contribution >= 0.6 is 0 Å². The van der Waals surface area contributed by atoms with Gasteiger partial charge in [0.2, 0.25) is 5.91 Å². The lowest BCUT2D eigenvalue weighted by atomic mass is 9.67. The molecule has 3 unspecified atom stereocenters. The predicted octanol–water partition coefficient (Wildman–Crippen LogP) is 3.71. The maximum atomic E-state index is 12.7. The van der Waals surface area contributed by atoms with Crippen LogP contribution < -0.4 is 15.4 Å². The van der Waals surface area contributed by atoms with Crippen molar-refractivity contribution in [2.75, 3.05) is 18.5 Å². The van der Waals surface area contributed by atoms with E-state index in [1.165, 1.54) is 32.1 Å². The van der Waals surface area contributed by atoms with E-state index in [0.717, 1.165) is 54.8 Å². The van der Waals surface area contributed by atoms with E-state index < -0.39 is 0 Å². The first-order chi connectivity index (χ1) is 11.8. The zero-order chi connectivity index (χ0) is 16.4. The molecule has 4 heteroatoms. The molecular weight excluding hydrogens is 300 g/mol. The van der Waals surface area contributed by atoms with E-state index in [-0.39, 0.29) is 11.8 Å². The second-order valence-electron chi connectivity index (χ2n) is 7.65. The van der Waals surface area contributed by atoms with Crippen LogP contribution in [0.25, 0.3) is 0 Å². The summed E-state index contributed by atoms with van der Waals surface area (Å²) >= 11 is 0. The highest BCUT2D eigenvalue weighted by atomic mass is 16.5. The van der Waals surface area contributed by atoms with Gasteiger partial charge in [-0.1, -0.05) is 25.7 Å². The van der Waals surface area contributed by atoms with Gasteiger partial charge in [-0.25, -0.2) is 0 Å². The first kappa shape index (κ1) is 15.9. The van der Waals surface area contributed by atoms with Crippen molar-refractivity contribution in [2.45, 2.75) is 51.5 Å². The van der Waals surface area contributed by atoms with Crippen LogP contribution in [0.1, 0.15) is 50.5 Å². The van der Waals surface area contributed by atoms with Gasteiger partial charge in [0.25, 0.3) is 0 Å². The second kappa shape index (κ2) is 7.14. The number of benzene rings is 1. The van der Waals surface area contributed by atoms with Gasteiger partial charge in [0, 0.05) is 30.3 Å². The molecule has 3 aliphatic rings. The summed E-state index contributed by atoms with van der Waals surface area (Å²) in [6.07, 6.45) is 8.85. The summed E-state index contributed by atoms with van der Waals surface area (Å²) in [6, 6.07) is 6.00. The topological polar surface area (TPSA) is 50.4 Å². The molecule has 0 bridgehead atoms. The Morgan fingerprint density at radius 2 is 2.00 bits per heavy atom. The first-order valence-corrected chi connectivity index (χ1v) is 9.57. The molecule has 1 heterocycles. The molecule has 4 rings (SSSR count). The van der Waals surface area contributed by atoms with Crippen molar-refractivity contribution in [3.05, 3.63) is 23.8 Å². The molecule has 2 fully saturated rings. The molecule has 0 radical (unpaired) electrons. The average Bonchev–Trinajstić information content (AvgIpc) is 2.86. The fourth-order valence-corrected chi connectivity index (χ4v) is 4.75. The Morgan fingerprint density at radius 1 is 1.12 bits per heavy atom. The molecule has 1 amide bonds. The van der Waals surface area contributed by atoms with Gasteiger partial charge in [-0.15, -0.1) is 0 Å². The Bertz CT molecular complexity index is 601. The Kier molecular flexibility index (Phi) is 4.74. The Morgan fingerprint density at radius 3 is 2.92 bits per heavy atom. The van der Waals surface area contributed by atoms with Crippen LogP contribution in [0.15, 0.2) is 18.2 Å². The molecule has 2 saturated carbocycles. The number of carbonyl (C=O) groups excluding carboxylic acids is 1. The van der Waals surface area contributed by atoms with Gasteiger partial charge in [-0.2, -0.15) is 0 Å². The molecule has 1 aliphatic heterocycles. The quantitative estimate of drug-likeness (QED) is 0.870. The summed E-state index contributed by atoms with van der Waals surface area (Å²) in [5, 5.41) is 6.50. The number of fused-ring (bicyclic) bond motifs is 2. The summed E-state index contributed by atoms with van der Waals surface area (Å²) < 4.78 is 5.71. The minimum atomic E-state index is 0.192. The third-order valence-corrected chi connectivity index (χ3v) is 6.09. The van der Waals surface area contributed by atoms with Crippen molar-refractivity contribution in [3.63, 3.8) is 0 Å². The lowest BCUT2D eigenvalue weighted by Crippen LogP contribution is -2.33.